The van der Waals surface area contributed by atoms with Crippen molar-refractivity contribution < 1.29 is 29.3 Å². The first-order valence-corrected chi connectivity index (χ1v) is 10.9. The Morgan fingerprint density at radius 3 is 2.41 bits per heavy atom. The van der Waals surface area contributed by atoms with Crippen molar-refractivity contribution in [2.24, 2.45) is 0 Å². The molecule has 1 amide bonds. The Bertz CT molecular complexity index is 1360. The Balaban J connectivity index is 1.71. The topological polar surface area (TPSA) is 96.3 Å². The van der Waals surface area contributed by atoms with E-state index in [1.165, 1.54) is 17.0 Å². The fraction of sp³-hybridized carbons (Fsp3) is 0.185. The van der Waals surface area contributed by atoms with Gasteiger partial charge in [-0.15, -0.1) is 0 Å². The molecule has 34 heavy (non-hydrogen) atoms. The maximum atomic E-state index is 13.3. The summed E-state index contributed by atoms with van der Waals surface area (Å²) in [6, 6.07) is 15.8. The fourth-order valence-electron chi connectivity index (χ4n) is 4.33. The standard InChI is InChI=1S/C27H23NO6/c1-15-6-8-19(12-16(15)2)28-24(17-4-3-5-20(29)13-17)23(26(31)27(28)32)25(30)18-7-9-21-22(14-18)34-11-10-33-21/h3-9,12-14,24,29-30H,10-11H2,1-2H3/b25-23-. The van der Waals surface area contributed by atoms with Gasteiger partial charge >= 0.3 is 0 Å². The highest BCUT2D eigenvalue weighted by Crippen LogP contribution is 2.44. The smallest absolute Gasteiger partial charge is 0.300 e. The van der Waals surface area contributed by atoms with Gasteiger partial charge in [0, 0.05) is 11.3 Å². The average Bonchev–Trinajstić information content (AvgIpc) is 3.10. The third-order valence-electron chi connectivity index (χ3n) is 6.21. The number of ether oxygens (including phenoxy) is 2. The number of phenolic OH excluding ortho intramolecular Hbond substituents is 1. The third-order valence-corrected chi connectivity index (χ3v) is 6.21. The zero-order chi connectivity index (χ0) is 24.0. The van der Waals surface area contributed by atoms with Crippen LogP contribution >= 0.6 is 0 Å². The number of hydrogen-bond acceptors (Lipinski definition) is 6. The monoisotopic (exact) mass is 457 g/mol. The number of amides is 1. The van der Waals surface area contributed by atoms with Crippen molar-refractivity contribution in [3.8, 4) is 17.2 Å². The minimum atomic E-state index is -0.928. The third kappa shape index (κ3) is 3.55. The van der Waals surface area contributed by atoms with Crippen LogP contribution in [0.4, 0.5) is 5.69 Å². The van der Waals surface area contributed by atoms with E-state index in [0.717, 1.165) is 11.1 Å². The predicted molar refractivity (Wildman–Crippen MR) is 126 cm³/mol. The number of aromatic hydroxyl groups is 1. The molecule has 0 bridgehead atoms. The van der Waals surface area contributed by atoms with Gasteiger partial charge in [0.2, 0.25) is 0 Å². The van der Waals surface area contributed by atoms with Gasteiger partial charge in [-0.25, -0.2) is 0 Å². The summed E-state index contributed by atoms with van der Waals surface area (Å²) in [5.74, 6) is -0.900. The first-order valence-electron chi connectivity index (χ1n) is 10.9. The number of phenols is 1. The van der Waals surface area contributed by atoms with Gasteiger partial charge in [-0.05, 0) is 73.0 Å². The Kier molecular flexibility index (Phi) is 5.24. The Labute approximate surface area is 196 Å². The molecule has 2 aliphatic heterocycles. The summed E-state index contributed by atoms with van der Waals surface area (Å²) in [6.07, 6.45) is 0. The van der Waals surface area contributed by atoms with E-state index in [0.29, 0.717) is 41.5 Å². The Hall–Kier alpha value is -4.26. The maximum absolute atomic E-state index is 13.3. The number of carbonyl (C=O) groups excluding carboxylic acids is 2. The summed E-state index contributed by atoms with van der Waals surface area (Å²) in [6.45, 7) is 4.68. The second-order valence-corrected chi connectivity index (χ2v) is 8.39. The Morgan fingerprint density at radius 2 is 1.68 bits per heavy atom. The second kappa shape index (κ2) is 8.26. The molecular weight excluding hydrogens is 434 g/mol. The summed E-state index contributed by atoms with van der Waals surface area (Å²) >= 11 is 0. The van der Waals surface area contributed by atoms with Crippen molar-refractivity contribution >= 4 is 23.1 Å². The zero-order valence-corrected chi connectivity index (χ0v) is 18.7. The van der Waals surface area contributed by atoms with Crippen LogP contribution in [0.25, 0.3) is 5.76 Å². The summed E-state index contributed by atoms with van der Waals surface area (Å²) in [7, 11) is 0. The molecular formula is C27H23NO6. The molecule has 7 nitrogen and oxygen atoms in total. The van der Waals surface area contributed by atoms with E-state index in [4.69, 9.17) is 9.47 Å². The molecule has 0 aromatic heterocycles. The lowest BCUT2D eigenvalue weighted by Crippen LogP contribution is -2.29. The number of carbonyl (C=O) groups is 2. The molecule has 3 aromatic rings. The quantitative estimate of drug-likeness (QED) is 0.344. The van der Waals surface area contributed by atoms with Crippen LogP contribution in [0.3, 0.4) is 0 Å². The van der Waals surface area contributed by atoms with Crippen molar-refractivity contribution in [1.29, 1.82) is 0 Å². The maximum Gasteiger partial charge on any atom is 0.300 e. The van der Waals surface area contributed by atoms with Crippen LogP contribution in [-0.4, -0.2) is 35.1 Å². The van der Waals surface area contributed by atoms with E-state index in [-0.39, 0.29) is 17.1 Å². The molecule has 172 valence electrons. The zero-order valence-electron chi connectivity index (χ0n) is 18.7. The molecule has 0 saturated carbocycles. The van der Waals surface area contributed by atoms with Crippen molar-refractivity contribution in [2.75, 3.05) is 18.1 Å². The van der Waals surface area contributed by atoms with Gasteiger partial charge in [0.25, 0.3) is 11.7 Å². The second-order valence-electron chi connectivity index (χ2n) is 8.39. The molecule has 2 N–H and O–H groups in total. The highest BCUT2D eigenvalue weighted by molar-refractivity contribution is 6.51. The first-order chi connectivity index (χ1) is 16.3. The van der Waals surface area contributed by atoms with Crippen LogP contribution in [0.1, 0.15) is 28.3 Å². The summed E-state index contributed by atoms with van der Waals surface area (Å²) < 4.78 is 11.2. The van der Waals surface area contributed by atoms with Crippen molar-refractivity contribution in [2.45, 2.75) is 19.9 Å². The number of hydrogen-bond donors (Lipinski definition) is 2. The number of ketones is 1. The molecule has 0 aliphatic carbocycles. The fourth-order valence-corrected chi connectivity index (χ4v) is 4.33. The van der Waals surface area contributed by atoms with E-state index in [9.17, 15) is 19.8 Å². The number of aliphatic hydroxyl groups excluding tert-OH is 1. The molecule has 0 spiro atoms. The largest absolute Gasteiger partial charge is 0.508 e. The molecule has 1 atom stereocenters. The lowest BCUT2D eigenvalue weighted by Gasteiger charge is -2.26. The van der Waals surface area contributed by atoms with Gasteiger partial charge in [0.05, 0.1) is 11.6 Å². The number of aryl methyl sites for hydroxylation is 2. The molecule has 2 heterocycles. The van der Waals surface area contributed by atoms with Gasteiger partial charge in [-0.2, -0.15) is 0 Å². The number of anilines is 1. The van der Waals surface area contributed by atoms with Crippen LogP contribution in [0.15, 0.2) is 66.2 Å². The van der Waals surface area contributed by atoms with Gasteiger partial charge < -0.3 is 19.7 Å². The van der Waals surface area contributed by atoms with E-state index in [2.05, 4.69) is 0 Å². The highest BCUT2D eigenvalue weighted by Gasteiger charge is 2.47. The van der Waals surface area contributed by atoms with Crippen molar-refractivity contribution in [3.05, 3.63) is 88.5 Å². The minimum Gasteiger partial charge on any atom is -0.508 e. The lowest BCUT2D eigenvalue weighted by molar-refractivity contribution is -0.132. The van der Waals surface area contributed by atoms with Crippen molar-refractivity contribution in [3.63, 3.8) is 0 Å². The molecule has 7 heteroatoms. The summed E-state index contributed by atoms with van der Waals surface area (Å²) in [5, 5.41) is 21.4. The van der Waals surface area contributed by atoms with Gasteiger partial charge in [-0.3, -0.25) is 14.5 Å². The average molecular weight is 457 g/mol. The molecule has 3 aromatic carbocycles. The molecule has 1 fully saturated rings. The molecule has 1 saturated heterocycles. The number of nitrogens with zero attached hydrogens (tertiary/aromatic N) is 1. The first kappa shape index (κ1) is 21.6. The molecule has 1 unspecified atom stereocenters. The summed E-state index contributed by atoms with van der Waals surface area (Å²) in [5.41, 5.74) is 3.29. The number of rotatable bonds is 3. The molecule has 0 radical (unpaired) electrons. The molecule has 2 aliphatic rings. The number of fused-ring (bicyclic) bond motifs is 1. The number of aliphatic hydroxyl groups is 1. The van der Waals surface area contributed by atoms with Gasteiger partial charge in [0.15, 0.2) is 11.5 Å². The number of Topliss-reactive ketones (excluding diaryl/α,β-unsaturated/α-hetero) is 1. The Morgan fingerprint density at radius 1 is 0.912 bits per heavy atom. The van der Waals surface area contributed by atoms with Crippen LogP contribution in [0.2, 0.25) is 0 Å². The van der Waals surface area contributed by atoms with E-state index < -0.39 is 17.7 Å². The SMILES string of the molecule is Cc1ccc(N2C(=O)C(=O)/C(=C(\O)c3ccc4c(c3)OCCO4)C2c2cccc(O)c2)cc1C. The predicted octanol–water partition coefficient (Wildman–Crippen LogP) is 4.41. The van der Waals surface area contributed by atoms with Crippen LogP contribution < -0.4 is 14.4 Å². The van der Waals surface area contributed by atoms with Gasteiger partial charge in [-0.1, -0.05) is 18.2 Å². The van der Waals surface area contributed by atoms with E-state index in [1.807, 2.05) is 26.0 Å². The van der Waals surface area contributed by atoms with E-state index in [1.54, 1.807) is 36.4 Å². The highest BCUT2D eigenvalue weighted by atomic mass is 16.6. The number of benzene rings is 3. The van der Waals surface area contributed by atoms with Crippen LogP contribution in [-0.2, 0) is 9.59 Å². The van der Waals surface area contributed by atoms with Crippen LogP contribution in [0, 0.1) is 13.8 Å². The normalized spacial score (nSPS) is 18.9. The summed E-state index contributed by atoms with van der Waals surface area (Å²) in [4.78, 5) is 27.9. The molecule has 5 rings (SSSR count). The van der Waals surface area contributed by atoms with E-state index >= 15 is 0 Å². The lowest BCUT2D eigenvalue weighted by atomic mass is 9.94. The van der Waals surface area contributed by atoms with Crippen molar-refractivity contribution in [1.82, 2.24) is 0 Å². The minimum absolute atomic E-state index is 0.0116. The van der Waals surface area contributed by atoms with Crippen LogP contribution in [0.5, 0.6) is 17.2 Å². The van der Waals surface area contributed by atoms with Gasteiger partial charge in [0.1, 0.15) is 24.7 Å².